The second-order valence-electron chi connectivity index (χ2n) is 8.56. The van der Waals surface area contributed by atoms with Crippen LogP contribution in [0.2, 0.25) is 0 Å². The van der Waals surface area contributed by atoms with E-state index in [1.54, 1.807) is 32.5 Å². The lowest BCUT2D eigenvalue weighted by Gasteiger charge is -2.25. The predicted molar refractivity (Wildman–Crippen MR) is 128 cm³/mol. The fraction of sp³-hybridized carbons (Fsp3) is 0.370. The van der Waals surface area contributed by atoms with E-state index >= 15 is 0 Å². The van der Waals surface area contributed by atoms with E-state index < -0.39 is 12.1 Å². The van der Waals surface area contributed by atoms with Gasteiger partial charge < -0.3 is 24.3 Å². The number of aliphatic hydroxyl groups excluding tert-OH is 1. The first-order valence-electron chi connectivity index (χ1n) is 11.3. The average Bonchev–Trinajstić information content (AvgIpc) is 3.24. The lowest BCUT2D eigenvalue weighted by Crippen LogP contribution is -2.19. The normalized spacial score (nSPS) is 12.9. The second-order valence-corrected chi connectivity index (χ2v) is 8.56. The molecule has 0 aliphatic heterocycles. The molecule has 1 aromatic heterocycles. The van der Waals surface area contributed by atoms with Crippen molar-refractivity contribution in [1.29, 1.82) is 0 Å². The van der Waals surface area contributed by atoms with Crippen molar-refractivity contribution in [3.63, 3.8) is 0 Å². The molecule has 0 spiro atoms. The van der Waals surface area contributed by atoms with Gasteiger partial charge in [-0.2, -0.15) is 0 Å². The molecule has 0 radical (unpaired) electrons. The van der Waals surface area contributed by atoms with Crippen LogP contribution in [0.25, 0.3) is 0 Å². The molecule has 0 saturated heterocycles. The molecule has 0 aliphatic carbocycles. The number of benzene rings is 2. The van der Waals surface area contributed by atoms with Crippen LogP contribution in [0.1, 0.15) is 41.2 Å². The molecule has 0 saturated carbocycles. The number of carbonyl (C=O) groups is 1. The highest BCUT2D eigenvalue weighted by Gasteiger charge is 2.24. The number of carboxylic acids is 1. The molecule has 2 N–H and O–H groups in total. The summed E-state index contributed by atoms with van der Waals surface area (Å²) in [6, 6.07) is 12.0. The van der Waals surface area contributed by atoms with Crippen molar-refractivity contribution in [1.82, 2.24) is 4.57 Å². The van der Waals surface area contributed by atoms with Gasteiger partial charge in [0.1, 0.15) is 17.3 Å². The van der Waals surface area contributed by atoms with E-state index in [0.29, 0.717) is 42.0 Å². The average molecular weight is 470 g/mol. The lowest BCUT2D eigenvalue weighted by molar-refractivity contribution is -0.136. The van der Waals surface area contributed by atoms with Crippen LogP contribution >= 0.6 is 0 Å². The summed E-state index contributed by atoms with van der Waals surface area (Å²) in [5.74, 6) is -0.0431. The number of carboxylic acid groups (broad SMARTS) is 1. The highest BCUT2D eigenvalue weighted by atomic mass is 19.1. The molecule has 1 heterocycles. The van der Waals surface area contributed by atoms with E-state index in [1.165, 1.54) is 12.1 Å². The van der Waals surface area contributed by atoms with E-state index in [2.05, 4.69) is 0 Å². The molecule has 0 unspecified atom stereocenters. The number of hydrogen-bond donors (Lipinski definition) is 2. The first-order valence-corrected chi connectivity index (χ1v) is 11.3. The minimum Gasteiger partial charge on any atom is -0.496 e. The predicted octanol–water partition coefficient (Wildman–Crippen LogP) is 4.95. The number of halogens is 1. The van der Waals surface area contributed by atoms with Crippen molar-refractivity contribution in [2.75, 3.05) is 14.2 Å². The molecule has 3 aromatic rings. The number of ether oxygens (including phenoxy) is 2. The number of aryl methyl sites for hydroxylation is 1. The molecule has 2 aromatic carbocycles. The third kappa shape index (κ3) is 6.60. The van der Waals surface area contributed by atoms with Crippen molar-refractivity contribution in [3.05, 3.63) is 82.9 Å². The largest absolute Gasteiger partial charge is 0.496 e. The van der Waals surface area contributed by atoms with Crippen LogP contribution in [0, 0.1) is 18.7 Å². The van der Waals surface area contributed by atoms with Crippen LogP contribution in [0.4, 0.5) is 4.39 Å². The highest BCUT2D eigenvalue weighted by molar-refractivity contribution is 5.70. The molecule has 3 rings (SSSR count). The number of rotatable bonds is 12. The molecule has 0 bridgehead atoms. The summed E-state index contributed by atoms with van der Waals surface area (Å²) in [6.45, 7) is 2.40. The van der Waals surface area contributed by atoms with Crippen LogP contribution in [0.5, 0.6) is 11.5 Å². The monoisotopic (exact) mass is 469 g/mol. The van der Waals surface area contributed by atoms with E-state index in [-0.39, 0.29) is 18.2 Å². The molecule has 7 heteroatoms. The Bertz CT molecular complexity index is 1080. The molecule has 0 fully saturated rings. The summed E-state index contributed by atoms with van der Waals surface area (Å²) in [5.41, 5.74) is 3.16. The van der Waals surface area contributed by atoms with Gasteiger partial charge in [-0.25, -0.2) is 4.39 Å². The number of aliphatic carboxylic acids is 1. The van der Waals surface area contributed by atoms with Crippen molar-refractivity contribution in [2.45, 2.75) is 45.3 Å². The van der Waals surface area contributed by atoms with Gasteiger partial charge in [0.15, 0.2) is 0 Å². The molecule has 34 heavy (non-hydrogen) atoms. The van der Waals surface area contributed by atoms with E-state index in [0.717, 1.165) is 17.5 Å². The van der Waals surface area contributed by atoms with Gasteiger partial charge in [0, 0.05) is 30.4 Å². The highest BCUT2D eigenvalue weighted by Crippen LogP contribution is 2.36. The number of aromatic nitrogens is 1. The maximum Gasteiger partial charge on any atom is 0.307 e. The van der Waals surface area contributed by atoms with Crippen LogP contribution < -0.4 is 9.47 Å². The molecule has 182 valence electrons. The van der Waals surface area contributed by atoms with Crippen LogP contribution in [-0.2, 0) is 24.2 Å². The summed E-state index contributed by atoms with van der Waals surface area (Å²) in [6.07, 6.45) is 4.92. The first kappa shape index (κ1) is 25.3. The zero-order chi connectivity index (χ0) is 24.7. The quantitative estimate of drug-likeness (QED) is 0.392. The molecule has 0 amide bonds. The molecule has 0 aliphatic rings. The van der Waals surface area contributed by atoms with E-state index in [9.17, 15) is 14.3 Å². The van der Waals surface area contributed by atoms with Crippen molar-refractivity contribution >= 4 is 5.97 Å². The first-order chi connectivity index (χ1) is 16.3. The van der Waals surface area contributed by atoms with Gasteiger partial charge in [-0.05, 0) is 73.2 Å². The molecule has 2 atom stereocenters. The van der Waals surface area contributed by atoms with Crippen molar-refractivity contribution < 1.29 is 28.9 Å². The van der Waals surface area contributed by atoms with Gasteiger partial charge in [-0.1, -0.05) is 12.1 Å². The van der Waals surface area contributed by atoms with Gasteiger partial charge in [0.25, 0.3) is 0 Å². The number of methoxy groups -OCH3 is 2. The zero-order valence-corrected chi connectivity index (χ0v) is 19.8. The third-order valence-corrected chi connectivity index (χ3v) is 6.10. The molecular formula is C27H32FNO5. The van der Waals surface area contributed by atoms with Crippen molar-refractivity contribution in [2.24, 2.45) is 5.92 Å². The SMILES string of the molecule is COc1cc([C@@H](O)[C@@H](CCCc2cccc(F)c2)Cn2ccc(CC(=O)O)c2)cc(OC)c1C. The fourth-order valence-corrected chi connectivity index (χ4v) is 4.31. The molecular weight excluding hydrogens is 437 g/mol. The van der Waals surface area contributed by atoms with E-state index in [4.69, 9.17) is 14.6 Å². The third-order valence-electron chi connectivity index (χ3n) is 6.10. The zero-order valence-electron chi connectivity index (χ0n) is 19.8. The van der Waals surface area contributed by atoms with Gasteiger partial charge in [-0.15, -0.1) is 0 Å². The molecule has 6 nitrogen and oxygen atoms in total. The maximum atomic E-state index is 13.5. The Hall–Kier alpha value is -3.32. The van der Waals surface area contributed by atoms with Gasteiger partial charge in [0.05, 0.1) is 26.7 Å². The van der Waals surface area contributed by atoms with Crippen molar-refractivity contribution in [3.8, 4) is 11.5 Å². The Morgan fingerprint density at radius 2 is 1.79 bits per heavy atom. The minimum atomic E-state index is -0.886. The van der Waals surface area contributed by atoms with Gasteiger partial charge >= 0.3 is 5.97 Å². The Labute approximate surface area is 199 Å². The smallest absolute Gasteiger partial charge is 0.307 e. The Balaban J connectivity index is 1.82. The summed E-state index contributed by atoms with van der Waals surface area (Å²) < 4.78 is 26.4. The van der Waals surface area contributed by atoms with Gasteiger partial charge in [0.2, 0.25) is 0 Å². The Morgan fingerprint density at radius 3 is 2.41 bits per heavy atom. The standard InChI is InChI=1S/C27H32FNO5/c1-18-24(33-2)14-22(15-25(18)34-3)27(32)21(8-4-6-19-7-5-9-23(28)12-19)17-29-11-10-20(16-29)13-26(30)31/h5,7,9-12,14-16,21,27,32H,4,6,8,13,17H2,1-3H3,(H,30,31)/t21-,27-/m0/s1. The van der Waals surface area contributed by atoms with E-state index in [1.807, 2.05) is 35.9 Å². The minimum absolute atomic E-state index is 0.0495. The van der Waals surface area contributed by atoms with Crippen LogP contribution in [0.15, 0.2) is 54.9 Å². The summed E-state index contributed by atoms with van der Waals surface area (Å²) in [4.78, 5) is 11.0. The van der Waals surface area contributed by atoms with Crippen LogP contribution in [-0.4, -0.2) is 35.0 Å². The maximum absolute atomic E-state index is 13.5. The Kier molecular flexibility index (Phi) is 8.71. The second kappa shape index (κ2) is 11.7. The summed E-state index contributed by atoms with van der Waals surface area (Å²) in [5, 5.41) is 20.4. The summed E-state index contributed by atoms with van der Waals surface area (Å²) in [7, 11) is 3.16. The number of hydrogen-bond acceptors (Lipinski definition) is 4. The van der Waals surface area contributed by atoms with Crippen LogP contribution in [0.3, 0.4) is 0 Å². The topological polar surface area (TPSA) is 80.9 Å². The summed E-state index contributed by atoms with van der Waals surface area (Å²) >= 11 is 0. The lowest BCUT2D eigenvalue weighted by atomic mass is 9.89. The Morgan fingerprint density at radius 1 is 1.09 bits per heavy atom. The van der Waals surface area contributed by atoms with Gasteiger partial charge in [-0.3, -0.25) is 4.79 Å². The fourth-order valence-electron chi connectivity index (χ4n) is 4.31. The number of aliphatic hydroxyl groups is 1. The number of nitrogens with zero attached hydrogens (tertiary/aromatic N) is 1.